The molecule has 0 spiro atoms. The molecular formula is C29H41N3O2. The second kappa shape index (κ2) is 13.2. The minimum Gasteiger partial charge on any atom is -0.335 e. The highest BCUT2D eigenvalue weighted by Crippen LogP contribution is 2.30. The first-order valence-corrected chi connectivity index (χ1v) is 12.9. The van der Waals surface area contributed by atoms with Crippen LogP contribution in [-0.4, -0.2) is 36.0 Å². The van der Waals surface area contributed by atoms with E-state index < -0.39 is 0 Å². The fourth-order valence-electron chi connectivity index (χ4n) is 5.13. The summed E-state index contributed by atoms with van der Waals surface area (Å²) < 4.78 is 0. The van der Waals surface area contributed by atoms with Gasteiger partial charge in [-0.3, -0.25) is 4.79 Å². The van der Waals surface area contributed by atoms with Crippen LogP contribution in [0, 0.1) is 17.8 Å². The number of nitrogens with zero attached hydrogens (tertiary/aromatic N) is 1. The molecule has 4 unspecified atom stereocenters. The van der Waals surface area contributed by atoms with Gasteiger partial charge in [0, 0.05) is 30.7 Å². The Morgan fingerprint density at radius 1 is 1.09 bits per heavy atom. The van der Waals surface area contributed by atoms with Crippen LogP contribution in [0.2, 0.25) is 0 Å². The van der Waals surface area contributed by atoms with Crippen molar-refractivity contribution in [2.24, 2.45) is 17.8 Å². The van der Waals surface area contributed by atoms with E-state index in [1.54, 1.807) is 0 Å². The summed E-state index contributed by atoms with van der Waals surface area (Å²) >= 11 is 0. The van der Waals surface area contributed by atoms with Crippen LogP contribution in [0.3, 0.4) is 0 Å². The third-order valence-electron chi connectivity index (χ3n) is 6.90. The van der Waals surface area contributed by atoms with E-state index in [0.717, 1.165) is 43.4 Å². The van der Waals surface area contributed by atoms with Gasteiger partial charge in [-0.2, -0.15) is 0 Å². The summed E-state index contributed by atoms with van der Waals surface area (Å²) in [4.78, 5) is 28.4. The topological polar surface area (TPSA) is 61.4 Å². The molecule has 5 nitrogen and oxygen atoms in total. The minimum atomic E-state index is -0.265. The van der Waals surface area contributed by atoms with Gasteiger partial charge in [0.1, 0.15) is 0 Å². The van der Waals surface area contributed by atoms with E-state index in [-0.39, 0.29) is 29.8 Å². The average Bonchev–Trinajstić information content (AvgIpc) is 2.84. The fourth-order valence-corrected chi connectivity index (χ4v) is 5.13. The van der Waals surface area contributed by atoms with Crippen molar-refractivity contribution >= 4 is 17.6 Å². The van der Waals surface area contributed by atoms with E-state index in [2.05, 4.69) is 48.8 Å². The van der Waals surface area contributed by atoms with E-state index in [9.17, 15) is 9.59 Å². The Bertz CT molecular complexity index is 890. The molecule has 3 amide bonds. The predicted octanol–water partition coefficient (Wildman–Crippen LogP) is 6.32. The number of hydrogen-bond donors (Lipinski definition) is 2. The van der Waals surface area contributed by atoms with Crippen molar-refractivity contribution < 1.29 is 9.59 Å². The van der Waals surface area contributed by atoms with Crippen molar-refractivity contribution in [1.82, 2.24) is 10.2 Å². The molecule has 3 rings (SSSR count). The zero-order valence-corrected chi connectivity index (χ0v) is 21.0. The molecule has 1 aliphatic heterocycles. The number of amides is 3. The maximum atomic E-state index is 13.3. The van der Waals surface area contributed by atoms with Crippen LogP contribution in [0.1, 0.15) is 59.3 Å². The van der Waals surface area contributed by atoms with Crippen molar-refractivity contribution in [2.75, 3.05) is 18.4 Å². The standard InChI is InChI=1S/C29H41N3O2/c1-4-6-8-14-23(12-5-2)24-19-25(28(33)30-26-15-9-7-10-16-26)21-32(20-24)29(34)31-27-17-11-13-22(3)18-27/h5-10,12,14-16,22,24-25,27H,4,11,13,17-21H2,1-3H3,(H,30,33)(H,31,34)/b8-6+,12-5-,23-14+. The normalized spacial score (nSPS) is 26.1. The first-order chi connectivity index (χ1) is 16.5. The minimum absolute atomic E-state index is 0.0242. The molecule has 4 atom stereocenters. The molecule has 1 aromatic rings. The van der Waals surface area contributed by atoms with Crippen LogP contribution in [0.5, 0.6) is 0 Å². The average molecular weight is 464 g/mol. The number of piperidine rings is 1. The zero-order chi connectivity index (χ0) is 24.3. The molecule has 34 heavy (non-hydrogen) atoms. The van der Waals surface area contributed by atoms with Gasteiger partial charge in [-0.1, -0.05) is 75.3 Å². The second-order valence-corrected chi connectivity index (χ2v) is 9.81. The van der Waals surface area contributed by atoms with Gasteiger partial charge in [0.25, 0.3) is 0 Å². The molecule has 1 aromatic carbocycles. The van der Waals surface area contributed by atoms with Gasteiger partial charge in [0.05, 0.1) is 5.92 Å². The Morgan fingerprint density at radius 2 is 1.85 bits per heavy atom. The van der Waals surface area contributed by atoms with Gasteiger partial charge >= 0.3 is 6.03 Å². The maximum Gasteiger partial charge on any atom is 0.317 e. The summed E-state index contributed by atoms with van der Waals surface area (Å²) in [5, 5.41) is 6.33. The van der Waals surface area contributed by atoms with Crippen molar-refractivity contribution in [3.8, 4) is 0 Å². The molecule has 2 fully saturated rings. The van der Waals surface area contributed by atoms with Crippen LogP contribution < -0.4 is 10.6 Å². The number of para-hydroxylation sites is 1. The van der Waals surface area contributed by atoms with Crippen molar-refractivity contribution in [3.63, 3.8) is 0 Å². The number of benzene rings is 1. The molecule has 1 aliphatic carbocycles. The zero-order valence-electron chi connectivity index (χ0n) is 21.0. The summed E-state index contributed by atoms with van der Waals surface area (Å²) in [7, 11) is 0. The smallest absolute Gasteiger partial charge is 0.317 e. The number of anilines is 1. The Labute approximate surface area is 205 Å². The highest BCUT2D eigenvalue weighted by atomic mass is 16.2. The number of hydrogen-bond acceptors (Lipinski definition) is 2. The molecular weight excluding hydrogens is 422 g/mol. The van der Waals surface area contributed by atoms with E-state index in [1.165, 1.54) is 6.42 Å². The van der Waals surface area contributed by atoms with E-state index >= 15 is 0 Å². The Kier molecular flexibility index (Phi) is 9.99. The van der Waals surface area contributed by atoms with Crippen LogP contribution >= 0.6 is 0 Å². The summed E-state index contributed by atoms with van der Waals surface area (Å²) in [6.45, 7) is 7.45. The molecule has 5 heteroatoms. The number of carbonyl (C=O) groups is 2. The molecule has 2 aliphatic rings. The second-order valence-electron chi connectivity index (χ2n) is 9.81. The van der Waals surface area contributed by atoms with E-state index in [0.29, 0.717) is 19.0 Å². The van der Waals surface area contributed by atoms with Gasteiger partial charge in [0.2, 0.25) is 5.91 Å². The molecule has 0 bridgehead atoms. The lowest BCUT2D eigenvalue weighted by Crippen LogP contribution is -2.53. The number of nitrogens with one attached hydrogen (secondary N) is 2. The SMILES string of the molecule is C\C=C/C(=C\C=C\CC)C1CC(C(=O)Nc2ccccc2)CN(C(=O)NC2CCCC(C)C2)C1. The van der Waals surface area contributed by atoms with E-state index in [1.807, 2.05) is 48.2 Å². The Morgan fingerprint density at radius 3 is 2.56 bits per heavy atom. The first kappa shape index (κ1) is 25.8. The highest BCUT2D eigenvalue weighted by molar-refractivity contribution is 5.93. The number of carbonyl (C=O) groups excluding carboxylic acids is 2. The lowest BCUT2D eigenvalue weighted by Gasteiger charge is -2.39. The van der Waals surface area contributed by atoms with Crippen molar-refractivity contribution in [1.29, 1.82) is 0 Å². The maximum absolute atomic E-state index is 13.3. The van der Waals surface area contributed by atoms with Gasteiger partial charge in [-0.15, -0.1) is 0 Å². The van der Waals surface area contributed by atoms with Crippen LogP contribution in [0.4, 0.5) is 10.5 Å². The van der Waals surface area contributed by atoms with Gasteiger partial charge in [0.15, 0.2) is 0 Å². The molecule has 1 saturated carbocycles. The third kappa shape index (κ3) is 7.61. The number of urea groups is 1. The van der Waals surface area contributed by atoms with Crippen LogP contribution in [0.25, 0.3) is 0 Å². The number of rotatable bonds is 7. The first-order valence-electron chi connectivity index (χ1n) is 12.9. The fraction of sp³-hybridized carbons (Fsp3) is 0.517. The van der Waals surface area contributed by atoms with E-state index in [4.69, 9.17) is 0 Å². The van der Waals surface area contributed by atoms with Gasteiger partial charge < -0.3 is 15.5 Å². The molecule has 2 N–H and O–H groups in total. The number of likely N-dealkylation sites (tertiary alicyclic amines) is 1. The monoisotopic (exact) mass is 463 g/mol. The predicted molar refractivity (Wildman–Crippen MR) is 141 cm³/mol. The largest absolute Gasteiger partial charge is 0.335 e. The van der Waals surface area contributed by atoms with Crippen molar-refractivity contribution in [3.05, 3.63) is 66.3 Å². The Hall–Kier alpha value is -2.82. The molecule has 0 radical (unpaired) electrons. The summed E-state index contributed by atoms with van der Waals surface area (Å²) in [5.41, 5.74) is 1.95. The quantitative estimate of drug-likeness (QED) is 0.465. The Balaban J connectivity index is 1.78. The highest BCUT2D eigenvalue weighted by Gasteiger charge is 2.35. The lowest BCUT2D eigenvalue weighted by molar-refractivity contribution is -0.121. The molecule has 1 saturated heterocycles. The molecule has 184 valence electrons. The van der Waals surface area contributed by atoms with Crippen LogP contribution in [0.15, 0.2) is 66.3 Å². The lowest BCUT2D eigenvalue weighted by atomic mass is 9.83. The van der Waals surface area contributed by atoms with Gasteiger partial charge in [-0.05, 0) is 56.2 Å². The summed E-state index contributed by atoms with van der Waals surface area (Å²) in [5.74, 6) is 0.462. The molecule has 0 aromatic heterocycles. The summed E-state index contributed by atoms with van der Waals surface area (Å²) in [6, 6.07) is 9.74. The summed E-state index contributed by atoms with van der Waals surface area (Å²) in [6.07, 6.45) is 16.6. The number of allylic oxidation sites excluding steroid dienone is 5. The molecule has 1 heterocycles. The van der Waals surface area contributed by atoms with Crippen molar-refractivity contribution in [2.45, 2.75) is 65.3 Å². The van der Waals surface area contributed by atoms with Crippen LogP contribution in [-0.2, 0) is 4.79 Å². The third-order valence-corrected chi connectivity index (χ3v) is 6.90. The van der Waals surface area contributed by atoms with Gasteiger partial charge in [-0.25, -0.2) is 4.79 Å².